The Bertz CT molecular complexity index is 341. The maximum atomic E-state index is 11.1. The number of carbonyl (C=O) groups excluding carboxylic acids is 1. The van der Waals surface area contributed by atoms with Gasteiger partial charge in [0.25, 0.3) is 5.91 Å². The van der Waals surface area contributed by atoms with E-state index >= 15 is 0 Å². The van der Waals surface area contributed by atoms with Crippen molar-refractivity contribution < 1.29 is 4.79 Å². The highest BCUT2D eigenvalue weighted by atomic mass is 79.9. The number of halogens is 1. The molecule has 0 bridgehead atoms. The van der Waals surface area contributed by atoms with E-state index in [0.717, 1.165) is 4.47 Å². The molecule has 0 saturated heterocycles. The van der Waals surface area contributed by atoms with Gasteiger partial charge in [-0.2, -0.15) is 0 Å². The maximum Gasteiger partial charge on any atom is 0.250 e. The van der Waals surface area contributed by atoms with Gasteiger partial charge in [0.2, 0.25) is 0 Å². The van der Waals surface area contributed by atoms with Crippen molar-refractivity contribution in [2.45, 2.75) is 0 Å². The van der Waals surface area contributed by atoms with Gasteiger partial charge in [0.1, 0.15) is 0 Å². The van der Waals surface area contributed by atoms with E-state index in [2.05, 4.69) is 21.2 Å². The van der Waals surface area contributed by atoms with Crippen LogP contribution in [0.5, 0.6) is 0 Å². The van der Waals surface area contributed by atoms with Crippen LogP contribution in [0.25, 0.3) is 0 Å². The van der Waals surface area contributed by atoms with Crippen molar-refractivity contribution in [1.82, 2.24) is 0 Å². The Kier molecular flexibility index (Phi) is 3.91. The number of amides is 1. The van der Waals surface area contributed by atoms with Crippen molar-refractivity contribution in [1.29, 1.82) is 0 Å². The zero-order valence-corrected chi connectivity index (χ0v) is 9.17. The molecule has 0 aromatic heterocycles. The molecule has 0 aliphatic heterocycles. The van der Waals surface area contributed by atoms with Crippen LogP contribution < -0.4 is 16.8 Å². The molecule has 5 N–H and O–H groups in total. The third-order valence-corrected chi connectivity index (χ3v) is 2.20. The predicted octanol–water partition coefficient (Wildman–Crippen LogP) is 0.919. The van der Waals surface area contributed by atoms with E-state index in [1.54, 1.807) is 12.1 Å². The van der Waals surface area contributed by atoms with E-state index in [1.165, 1.54) is 0 Å². The number of hydrogen-bond acceptors (Lipinski definition) is 3. The molecule has 0 heterocycles. The highest BCUT2D eigenvalue weighted by Gasteiger charge is 2.07. The molecule has 0 aliphatic carbocycles. The average Bonchev–Trinajstić information content (AvgIpc) is 2.15. The Balaban J connectivity index is 2.96. The molecule has 0 fully saturated rings. The lowest BCUT2D eigenvalue weighted by Crippen LogP contribution is -2.18. The Morgan fingerprint density at radius 3 is 2.79 bits per heavy atom. The smallest absolute Gasteiger partial charge is 0.250 e. The van der Waals surface area contributed by atoms with Crippen LogP contribution >= 0.6 is 15.9 Å². The van der Waals surface area contributed by atoms with Gasteiger partial charge in [-0.25, -0.2) is 0 Å². The molecule has 1 aromatic carbocycles. The Morgan fingerprint density at radius 1 is 1.50 bits per heavy atom. The Hall–Kier alpha value is -1.07. The molecule has 1 aromatic rings. The summed E-state index contributed by atoms with van der Waals surface area (Å²) in [5, 5.41) is 3.02. The van der Waals surface area contributed by atoms with Crippen molar-refractivity contribution in [3.05, 3.63) is 28.2 Å². The standard InChI is InChI=1S/C9H12BrN3O/c10-6-1-2-8(13-4-3-11)7(5-6)9(12)14/h1-2,5,13H,3-4,11H2,(H2,12,14). The summed E-state index contributed by atoms with van der Waals surface area (Å²) in [4.78, 5) is 11.1. The third-order valence-electron chi connectivity index (χ3n) is 1.71. The molecule has 5 heteroatoms. The Labute approximate surface area is 90.8 Å². The molecule has 0 unspecified atom stereocenters. The second-order valence-corrected chi connectivity index (χ2v) is 3.69. The van der Waals surface area contributed by atoms with Gasteiger partial charge < -0.3 is 16.8 Å². The fraction of sp³-hybridized carbons (Fsp3) is 0.222. The lowest BCUT2D eigenvalue weighted by atomic mass is 10.1. The predicted molar refractivity (Wildman–Crippen MR) is 60.2 cm³/mol. The lowest BCUT2D eigenvalue weighted by molar-refractivity contribution is 0.100. The van der Waals surface area contributed by atoms with Crippen LogP contribution in [0.4, 0.5) is 5.69 Å². The summed E-state index contributed by atoms with van der Waals surface area (Å²) >= 11 is 3.27. The number of nitrogens with one attached hydrogen (secondary N) is 1. The minimum absolute atomic E-state index is 0.453. The van der Waals surface area contributed by atoms with Gasteiger partial charge in [0, 0.05) is 23.2 Å². The molecule has 0 saturated carbocycles. The third kappa shape index (κ3) is 2.71. The van der Waals surface area contributed by atoms with E-state index in [9.17, 15) is 4.79 Å². The second-order valence-electron chi connectivity index (χ2n) is 2.77. The van der Waals surface area contributed by atoms with Gasteiger partial charge in [-0.05, 0) is 18.2 Å². The van der Waals surface area contributed by atoms with E-state index in [4.69, 9.17) is 11.5 Å². The van der Waals surface area contributed by atoms with E-state index in [1.807, 2.05) is 6.07 Å². The van der Waals surface area contributed by atoms with Gasteiger partial charge in [-0.1, -0.05) is 15.9 Å². The summed E-state index contributed by atoms with van der Waals surface area (Å²) in [5.41, 5.74) is 11.7. The first kappa shape index (κ1) is 11.0. The average molecular weight is 258 g/mol. The monoisotopic (exact) mass is 257 g/mol. The van der Waals surface area contributed by atoms with E-state index in [-0.39, 0.29) is 0 Å². The molecule has 1 amide bonds. The quantitative estimate of drug-likeness (QED) is 0.751. The number of nitrogens with two attached hydrogens (primary N) is 2. The number of carbonyl (C=O) groups is 1. The van der Waals surface area contributed by atoms with Crippen molar-refractivity contribution in [2.75, 3.05) is 18.4 Å². The molecule has 14 heavy (non-hydrogen) atoms. The number of rotatable bonds is 4. The first-order valence-corrected chi connectivity index (χ1v) is 4.97. The summed E-state index contributed by atoms with van der Waals surface area (Å²) in [6.07, 6.45) is 0. The van der Waals surface area contributed by atoms with Crippen LogP contribution in [-0.4, -0.2) is 19.0 Å². The number of benzene rings is 1. The minimum atomic E-state index is -0.453. The second kappa shape index (κ2) is 4.97. The van der Waals surface area contributed by atoms with E-state index in [0.29, 0.717) is 24.3 Å². The van der Waals surface area contributed by atoms with Gasteiger partial charge in [-0.3, -0.25) is 4.79 Å². The molecule has 0 radical (unpaired) electrons. The molecule has 1 rings (SSSR count). The highest BCUT2D eigenvalue weighted by Crippen LogP contribution is 2.20. The maximum absolute atomic E-state index is 11.1. The van der Waals surface area contributed by atoms with Crippen molar-refractivity contribution in [3.63, 3.8) is 0 Å². The van der Waals surface area contributed by atoms with Gasteiger partial charge >= 0.3 is 0 Å². The molecular formula is C9H12BrN3O. The molecule has 0 atom stereocenters. The van der Waals surface area contributed by atoms with Crippen LogP contribution in [0.2, 0.25) is 0 Å². The summed E-state index contributed by atoms with van der Waals surface area (Å²) < 4.78 is 0.824. The lowest BCUT2D eigenvalue weighted by Gasteiger charge is -2.09. The van der Waals surface area contributed by atoms with Crippen LogP contribution in [0, 0.1) is 0 Å². The fourth-order valence-electron chi connectivity index (χ4n) is 1.08. The number of anilines is 1. The fourth-order valence-corrected chi connectivity index (χ4v) is 1.44. The van der Waals surface area contributed by atoms with Crippen molar-refractivity contribution in [3.8, 4) is 0 Å². The first-order valence-electron chi connectivity index (χ1n) is 4.18. The van der Waals surface area contributed by atoms with Crippen LogP contribution in [-0.2, 0) is 0 Å². The normalized spacial score (nSPS) is 9.86. The van der Waals surface area contributed by atoms with Crippen molar-refractivity contribution in [2.24, 2.45) is 11.5 Å². The summed E-state index contributed by atoms with van der Waals surface area (Å²) in [5.74, 6) is -0.453. The summed E-state index contributed by atoms with van der Waals surface area (Å²) in [6, 6.07) is 5.31. The molecular weight excluding hydrogens is 246 g/mol. The topological polar surface area (TPSA) is 81.1 Å². The molecule has 0 spiro atoms. The highest BCUT2D eigenvalue weighted by molar-refractivity contribution is 9.10. The molecule has 4 nitrogen and oxygen atoms in total. The van der Waals surface area contributed by atoms with Gasteiger partial charge in [0.15, 0.2) is 0 Å². The molecule has 0 aliphatic rings. The Morgan fingerprint density at radius 2 is 2.21 bits per heavy atom. The number of hydrogen-bond donors (Lipinski definition) is 3. The summed E-state index contributed by atoms with van der Waals surface area (Å²) in [6.45, 7) is 1.12. The van der Waals surface area contributed by atoms with Crippen LogP contribution in [0.15, 0.2) is 22.7 Å². The van der Waals surface area contributed by atoms with Crippen molar-refractivity contribution >= 4 is 27.5 Å². The van der Waals surface area contributed by atoms with Crippen LogP contribution in [0.3, 0.4) is 0 Å². The zero-order valence-electron chi connectivity index (χ0n) is 7.59. The molecule has 76 valence electrons. The minimum Gasteiger partial charge on any atom is -0.383 e. The zero-order chi connectivity index (χ0) is 10.6. The van der Waals surface area contributed by atoms with Gasteiger partial charge in [0.05, 0.1) is 5.56 Å². The first-order chi connectivity index (χ1) is 6.65. The largest absolute Gasteiger partial charge is 0.383 e. The van der Waals surface area contributed by atoms with Gasteiger partial charge in [-0.15, -0.1) is 0 Å². The number of primary amides is 1. The summed E-state index contributed by atoms with van der Waals surface area (Å²) in [7, 11) is 0. The van der Waals surface area contributed by atoms with E-state index < -0.39 is 5.91 Å². The SMILES string of the molecule is NCCNc1ccc(Br)cc1C(N)=O. The van der Waals surface area contributed by atoms with Crippen LogP contribution in [0.1, 0.15) is 10.4 Å².